The quantitative estimate of drug-likeness (QED) is 0.444. The van der Waals surface area contributed by atoms with Crippen molar-refractivity contribution < 1.29 is 19.4 Å². The Morgan fingerprint density at radius 1 is 0.882 bits per heavy atom. The Morgan fingerprint density at radius 3 is 2.09 bits per heavy atom. The predicted octanol–water partition coefficient (Wildman–Crippen LogP) is 4.41. The fourth-order valence-corrected chi connectivity index (χ4v) is 6.48. The lowest BCUT2D eigenvalue weighted by atomic mass is 9.47. The van der Waals surface area contributed by atoms with Crippen molar-refractivity contribution in [2.75, 3.05) is 18.1 Å². The van der Waals surface area contributed by atoms with Crippen molar-refractivity contribution >= 4 is 17.5 Å². The largest absolute Gasteiger partial charge is 0.494 e. The zero-order valence-corrected chi connectivity index (χ0v) is 19.1. The van der Waals surface area contributed by atoms with Crippen LogP contribution in [0, 0.1) is 11.8 Å². The lowest BCUT2D eigenvalue weighted by Gasteiger charge is -2.53. The van der Waals surface area contributed by atoms with Gasteiger partial charge in [-0.25, -0.2) is 4.90 Å². The fourth-order valence-electron chi connectivity index (χ4n) is 6.48. The summed E-state index contributed by atoms with van der Waals surface area (Å²) < 4.78 is 5.75. The number of carbonyl (C=O) groups is 2. The third-order valence-corrected chi connectivity index (χ3v) is 7.91. The summed E-state index contributed by atoms with van der Waals surface area (Å²) in [7, 11) is 0. The van der Waals surface area contributed by atoms with E-state index >= 15 is 0 Å². The van der Waals surface area contributed by atoms with Gasteiger partial charge in [0.05, 0.1) is 36.2 Å². The summed E-state index contributed by atoms with van der Waals surface area (Å²) in [6.45, 7) is 2.52. The number of anilines is 1. The second-order valence-electron chi connectivity index (χ2n) is 9.49. The summed E-state index contributed by atoms with van der Waals surface area (Å²) in [6.07, 6.45) is 2.02. The average Bonchev–Trinajstić information content (AvgIpc) is 3.15. The van der Waals surface area contributed by atoms with Gasteiger partial charge in [-0.05, 0) is 52.9 Å². The lowest BCUT2D eigenvalue weighted by Crippen LogP contribution is -2.55. The number of nitrogens with zero attached hydrogens (tertiary/aromatic N) is 1. The molecule has 1 fully saturated rings. The van der Waals surface area contributed by atoms with E-state index < -0.39 is 17.3 Å². The van der Waals surface area contributed by atoms with Crippen LogP contribution in [0.25, 0.3) is 0 Å². The Bertz CT molecular complexity index is 1230. The van der Waals surface area contributed by atoms with Crippen LogP contribution in [-0.4, -0.2) is 30.1 Å². The van der Waals surface area contributed by atoms with Gasteiger partial charge in [-0.2, -0.15) is 0 Å². The number of hydrogen-bond acceptors (Lipinski definition) is 4. The van der Waals surface area contributed by atoms with Gasteiger partial charge in [0.2, 0.25) is 11.8 Å². The number of imide groups is 1. The first-order valence-corrected chi connectivity index (χ1v) is 12.0. The number of aliphatic hydroxyl groups is 1. The summed E-state index contributed by atoms with van der Waals surface area (Å²) in [6, 6.07) is 23.1. The smallest absolute Gasteiger partial charge is 0.239 e. The zero-order valence-electron chi connectivity index (χ0n) is 19.1. The number of unbranched alkanes of at least 4 members (excludes halogenated alkanes) is 1. The Labute approximate surface area is 199 Å². The molecule has 172 valence electrons. The van der Waals surface area contributed by atoms with E-state index in [-0.39, 0.29) is 24.3 Å². The first kappa shape index (κ1) is 21.1. The first-order chi connectivity index (χ1) is 16.6. The maximum absolute atomic E-state index is 14.0. The minimum absolute atomic E-state index is 0.193. The van der Waals surface area contributed by atoms with Gasteiger partial charge in [0.1, 0.15) is 5.75 Å². The summed E-state index contributed by atoms with van der Waals surface area (Å²) in [5.74, 6) is -1.09. The van der Waals surface area contributed by atoms with E-state index in [4.69, 9.17) is 4.74 Å². The molecule has 2 amide bonds. The number of rotatable bonds is 6. The van der Waals surface area contributed by atoms with Crippen LogP contribution in [0.1, 0.15) is 47.9 Å². The molecule has 7 rings (SSSR count). The van der Waals surface area contributed by atoms with Gasteiger partial charge < -0.3 is 9.84 Å². The maximum atomic E-state index is 14.0. The molecule has 0 unspecified atom stereocenters. The highest BCUT2D eigenvalue weighted by molar-refractivity contribution is 6.23. The van der Waals surface area contributed by atoms with E-state index in [1.165, 1.54) is 4.90 Å². The molecule has 1 heterocycles. The van der Waals surface area contributed by atoms with E-state index in [1.54, 1.807) is 12.1 Å². The number of amides is 2. The van der Waals surface area contributed by atoms with Crippen LogP contribution in [0.3, 0.4) is 0 Å². The van der Waals surface area contributed by atoms with Crippen molar-refractivity contribution in [3.8, 4) is 5.75 Å². The SMILES string of the molecule is CCCCOc1ccc(N2C(=O)[C@H]3C4c5ccccc5C(CO)(c5ccccc54)[C@H]3C2=O)cc1. The van der Waals surface area contributed by atoms with Gasteiger partial charge in [0.25, 0.3) is 0 Å². The van der Waals surface area contributed by atoms with Crippen molar-refractivity contribution in [1.82, 2.24) is 0 Å². The Morgan fingerprint density at radius 2 is 1.50 bits per heavy atom. The van der Waals surface area contributed by atoms with Gasteiger partial charge >= 0.3 is 0 Å². The third kappa shape index (κ3) is 2.65. The molecular weight excluding hydrogens is 426 g/mol. The van der Waals surface area contributed by atoms with Crippen LogP contribution in [0.15, 0.2) is 72.8 Å². The van der Waals surface area contributed by atoms with Gasteiger partial charge in [-0.1, -0.05) is 61.9 Å². The highest BCUT2D eigenvalue weighted by atomic mass is 16.5. The molecule has 1 aliphatic heterocycles. The van der Waals surface area contributed by atoms with E-state index in [0.29, 0.717) is 12.3 Å². The van der Waals surface area contributed by atoms with E-state index in [0.717, 1.165) is 40.8 Å². The Balaban J connectivity index is 1.46. The molecule has 2 bridgehead atoms. The average molecular weight is 454 g/mol. The summed E-state index contributed by atoms with van der Waals surface area (Å²) in [5.41, 5.74) is 3.62. The van der Waals surface area contributed by atoms with Crippen molar-refractivity contribution in [2.45, 2.75) is 31.1 Å². The van der Waals surface area contributed by atoms with Crippen LogP contribution in [0.5, 0.6) is 5.75 Å². The second kappa shape index (κ2) is 7.81. The second-order valence-corrected chi connectivity index (χ2v) is 9.49. The molecule has 2 atom stereocenters. The topological polar surface area (TPSA) is 66.8 Å². The molecule has 0 radical (unpaired) electrons. The van der Waals surface area contributed by atoms with Gasteiger partial charge in [0, 0.05) is 5.92 Å². The van der Waals surface area contributed by atoms with E-state index in [2.05, 4.69) is 6.92 Å². The molecule has 0 saturated carbocycles. The van der Waals surface area contributed by atoms with Crippen molar-refractivity contribution in [1.29, 1.82) is 0 Å². The van der Waals surface area contributed by atoms with Crippen LogP contribution < -0.4 is 9.64 Å². The fraction of sp³-hybridized carbons (Fsp3) is 0.310. The van der Waals surface area contributed by atoms with Gasteiger partial charge in [0.15, 0.2) is 0 Å². The number of hydrogen-bond donors (Lipinski definition) is 1. The zero-order chi connectivity index (χ0) is 23.4. The Hall–Kier alpha value is -3.44. The molecule has 3 aromatic rings. The highest BCUT2D eigenvalue weighted by Gasteiger charge is 2.68. The molecule has 1 N–H and O–H groups in total. The molecule has 34 heavy (non-hydrogen) atoms. The standard InChI is InChI=1S/C29H27NO4/c1-2-3-16-34-19-14-12-18(13-15-19)30-27(32)25-24-20-8-4-6-10-22(20)29(17-31,26(25)28(30)33)23-11-7-5-9-21(23)24/h4-15,24-26,31H,2-3,16-17H2,1H3/t24?,25-,26+,29?/m0/s1. The minimum Gasteiger partial charge on any atom is -0.494 e. The molecule has 1 saturated heterocycles. The van der Waals surface area contributed by atoms with Gasteiger partial charge in [-0.3, -0.25) is 9.59 Å². The number of ether oxygens (including phenoxy) is 1. The molecule has 4 aliphatic rings. The molecule has 0 aromatic heterocycles. The normalized spacial score (nSPS) is 26.3. The maximum Gasteiger partial charge on any atom is 0.239 e. The van der Waals surface area contributed by atoms with Crippen molar-refractivity contribution in [3.05, 3.63) is 95.1 Å². The summed E-state index contributed by atoms with van der Waals surface area (Å²) >= 11 is 0. The highest BCUT2D eigenvalue weighted by Crippen LogP contribution is 2.64. The van der Waals surface area contributed by atoms with Crippen molar-refractivity contribution in [2.24, 2.45) is 11.8 Å². The van der Waals surface area contributed by atoms with Crippen molar-refractivity contribution in [3.63, 3.8) is 0 Å². The molecule has 5 heteroatoms. The molecule has 3 aromatic carbocycles. The van der Waals surface area contributed by atoms with E-state index in [1.807, 2.05) is 60.7 Å². The monoisotopic (exact) mass is 453 g/mol. The van der Waals surface area contributed by atoms with Gasteiger partial charge in [-0.15, -0.1) is 0 Å². The van der Waals surface area contributed by atoms with E-state index in [9.17, 15) is 14.7 Å². The number of benzene rings is 3. The third-order valence-electron chi connectivity index (χ3n) is 7.91. The number of aliphatic hydroxyl groups excluding tert-OH is 1. The summed E-state index contributed by atoms with van der Waals surface area (Å²) in [4.78, 5) is 29.2. The van der Waals surface area contributed by atoms with Crippen LogP contribution in [-0.2, 0) is 15.0 Å². The molecule has 0 spiro atoms. The minimum atomic E-state index is -0.933. The van der Waals surface area contributed by atoms with Crippen LogP contribution in [0.4, 0.5) is 5.69 Å². The summed E-state index contributed by atoms with van der Waals surface area (Å²) in [5, 5.41) is 10.9. The predicted molar refractivity (Wildman–Crippen MR) is 129 cm³/mol. The Kier molecular flexibility index (Phi) is 4.85. The molecule has 5 nitrogen and oxygen atoms in total. The lowest BCUT2D eigenvalue weighted by molar-refractivity contribution is -0.124. The first-order valence-electron chi connectivity index (χ1n) is 12.0. The van der Waals surface area contributed by atoms with Crippen LogP contribution >= 0.6 is 0 Å². The molecule has 3 aliphatic carbocycles. The van der Waals surface area contributed by atoms with Crippen LogP contribution in [0.2, 0.25) is 0 Å². The number of carbonyl (C=O) groups excluding carboxylic acids is 2. The molecular formula is C29H27NO4.